The topological polar surface area (TPSA) is 0 Å². The maximum Gasteiger partial charge on any atom is -0.0162 e. The highest BCUT2D eigenvalue weighted by molar-refractivity contribution is 5.17. The van der Waals surface area contributed by atoms with Gasteiger partial charge < -0.3 is 0 Å². The van der Waals surface area contributed by atoms with Gasteiger partial charge in [-0.25, -0.2) is 0 Å². The second-order valence-corrected chi connectivity index (χ2v) is 6.48. The Morgan fingerprint density at radius 2 is 1.24 bits per heavy atom. The molecule has 0 aromatic carbocycles. The van der Waals surface area contributed by atoms with E-state index in [9.17, 15) is 0 Å². The Bertz CT molecular complexity index is 468. The zero-order valence-electron chi connectivity index (χ0n) is 12.8. The molecule has 0 bridgehead atoms. The van der Waals surface area contributed by atoms with Gasteiger partial charge in [-0.1, -0.05) is 72.9 Å². The van der Waals surface area contributed by atoms with E-state index >= 15 is 0 Å². The summed E-state index contributed by atoms with van der Waals surface area (Å²) in [7, 11) is 0. The lowest BCUT2D eigenvalue weighted by Gasteiger charge is -2.32. The van der Waals surface area contributed by atoms with Gasteiger partial charge in [-0.05, 0) is 55.8 Å². The van der Waals surface area contributed by atoms with Crippen LogP contribution in [-0.2, 0) is 0 Å². The third kappa shape index (κ3) is 3.97. The Labute approximate surface area is 129 Å². The molecule has 110 valence electrons. The predicted molar refractivity (Wildman–Crippen MR) is 91.9 cm³/mol. The average molecular weight is 278 g/mol. The van der Waals surface area contributed by atoms with Gasteiger partial charge in [0.05, 0.1) is 0 Å². The molecule has 0 saturated carbocycles. The SMILES string of the molecule is C1=CCC(CCC(C2C=CC=CC2)C2C=CC=CC2)C=C1. The van der Waals surface area contributed by atoms with Crippen LogP contribution in [0.15, 0.2) is 72.9 Å². The van der Waals surface area contributed by atoms with Crippen molar-refractivity contribution < 1.29 is 0 Å². The zero-order valence-corrected chi connectivity index (χ0v) is 12.8. The van der Waals surface area contributed by atoms with E-state index in [-0.39, 0.29) is 0 Å². The molecule has 0 spiro atoms. The van der Waals surface area contributed by atoms with Crippen LogP contribution in [0.25, 0.3) is 0 Å². The molecule has 0 N–H and O–H groups in total. The molecule has 0 aliphatic heterocycles. The Kier molecular flexibility index (Phi) is 5.10. The molecule has 0 amide bonds. The van der Waals surface area contributed by atoms with Gasteiger partial charge in [0, 0.05) is 0 Å². The summed E-state index contributed by atoms with van der Waals surface area (Å²) in [5.41, 5.74) is 0. The van der Waals surface area contributed by atoms with Gasteiger partial charge in [0.15, 0.2) is 0 Å². The van der Waals surface area contributed by atoms with Crippen LogP contribution in [-0.4, -0.2) is 0 Å². The number of hydrogen-bond donors (Lipinski definition) is 0. The predicted octanol–water partition coefficient (Wildman–Crippen LogP) is 5.78. The molecule has 3 aliphatic carbocycles. The standard InChI is InChI=1S/C21H26/c1-4-10-18(11-5-1)16-17-21(19-12-6-2-7-13-19)20-14-8-3-9-15-20/h1-10,12,14,18-21H,11,13,15-17H2. The molecule has 0 aromatic rings. The lowest BCUT2D eigenvalue weighted by atomic mass is 9.72. The molecule has 3 unspecified atom stereocenters. The first-order chi connectivity index (χ1) is 10.4. The lowest BCUT2D eigenvalue weighted by molar-refractivity contribution is 0.268. The first-order valence-electron chi connectivity index (χ1n) is 8.43. The van der Waals surface area contributed by atoms with Gasteiger partial charge in [0.2, 0.25) is 0 Å². The monoisotopic (exact) mass is 278 g/mol. The van der Waals surface area contributed by atoms with Crippen LogP contribution < -0.4 is 0 Å². The first kappa shape index (κ1) is 14.4. The van der Waals surface area contributed by atoms with Crippen LogP contribution in [0.1, 0.15) is 32.1 Å². The largest absolute Gasteiger partial charge is 0.0840 e. The molecule has 0 saturated heterocycles. The van der Waals surface area contributed by atoms with E-state index in [1.54, 1.807) is 0 Å². The van der Waals surface area contributed by atoms with E-state index in [0.29, 0.717) is 0 Å². The van der Waals surface area contributed by atoms with Crippen molar-refractivity contribution in [1.29, 1.82) is 0 Å². The molecule has 3 aliphatic rings. The molecule has 0 heteroatoms. The first-order valence-corrected chi connectivity index (χ1v) is 8.43. The van der Waals surface area contributed by atoms with E-state index in [1.807, 2.05) is 0 Å². The van der Waals surface area contributed by atoms with Gasteiger partial charge in [-0.2, -0.15) is 0 Å². The van der Waals surface area contributed by atoms with Crippen LogP contribution in [0, 0.1) is 23.7 Å². The van der Waals surface area contributed by atoms with Crippen molar-refractivity contribution in [3.8, 4) is 0 Å². The van der Waals surface area contributed by atoms with Gasteiger partial charge in [-0.15, -0.1) is 0 Å². The number of hydrogen-bond acceptors (Lipinski definition) is 0. The maximum atomic E-state index is 2.44. The molecule has 3 atom stereocenters. The minimum absolute atomic E-state index is 0.722. The molecule has 3 rings (SSSR count). The summed E-state index contributed by atoms with van der Waals surface area (Å²) in [6, 6.07) is 0. The average Bonchev–Trinajstić information content (AvgIpc) is 2.58. The van der Waals surface area contributed by atoms with Crippen LogP contribution >= 0.6 is 0 Å². The molecule has 21 heavy (non-hydrogen) atoms. The van der Waals surface area contributed by atoms with E-state index in [0.717, 1.165) is 23.7 Å². The van der Waals surface area contributed by atoms with E-state index in [4.69, 9.17) is 0 Å². The quantitative estimate of drug-likeness (QED) is 0.598. The van der Waals surface area contributed by atoms with E-state index in [2.05, 4.69) is 72.9 Å². The van der Waals surface area contributed by atoms with Crippen LogP contribution in [0.4, 0.5) is 0 Å². The minimum atomic E-state index is 0.722. The summed E-state index contributed by atoms with van der Waals surface area (Å²) in [6.07, 6.45) is 33.9. The smallest absolute Gasteiger partial charge is 0.0162 e. The third-order valence-corrected chi connectivity index (χ3v) is 5.07. The fourth-order valence-electron chi connectivity index (χ4n) is 3.83. The summed E-state index contributed by atoms with van der Waals surface area (Å²) in [6.45, 7) is 0. The van der Waals surface area contributed by atoms with Gasteiger partial charge in [0.1, 0.15) is 0 Å². The Hall–Kier alpha value is -1.56. The Morgan fingerprint density at radius 1 is 0.667 bits per heavy atom. The number of allylic oxidation sites excluding steroid dienone is 12. The molecule has 0 radical (unpaired) electrons. The van der Waals surface area contributed by atoms with E-state index in [1.165, 1.54) is 32.1 Å². The van der Waals surface area contributed by atoms with Crippen molar-refractivity contribution in [1.82, 2.24) is 0 Å². The lowest BCUT2D eigenvalue weighted by Crippen LogP contribution is -2.23. The molecular formula is C21H26. The second-order valence-electron chi connectivity index (χ2n) is 6.48. The highest BCUT2D eigenvalue weighted by atomic mass is 14.3. The summed E-state index contributed by atoms with van der Waals surface area (Å²) in [5.74, 6) is 2.98. The Morgan fingerprint density at radius 3 is 1.71 bits per heavy atom. The summed E-state index contributed by atoms with van der Waals surface area (Å²) >= 11 is 0. The highest BCUT2D eigenvalue weighted by Gasteiger charge is 2.27. The van der Waals surface area contributed by atoms with Crippen LogP contribution in [0.2, 0.25) is 0 Å². The molecular weight excluding hydrogens is 252 g/mol. The molecule has 0 aromatic heterocycles. The normalized spacial score (nSPS) is 31.7. The molecule has 0 nitrogen and oxygen atoms in total. The molecule has 0 heterocycles. The number of rotatable bonds is 5. The highest BCUT2D eigenvalue weighted by Crippen LogP contribution is 2.37. The van der Waals surface area contributed by atoms with Gasteiger partial charge in [0.25, 0.3) is 0 Å². The van der Waals surface area contributed by atoms with Crippen molar-refractivity contribution in [3.05, 3.63) is 72.9 Å². The second kappa shape index (κ2) is 7.45. The van der Waals surface area contributed by atoms with Crippen molar-refractivity contribution in [2.45, 2.75) is 32.1 Å². The van der Waals surface area contributed by atoms with Gasteiger partial charge in [-0.3, -0.25) is 0 Å². The van der Waals surface area contributed by atoms with Crippen molar-refractivity contribution >= 4 is 0 Å². The van der Waals surface area contributed by atoms with Crippen LogP contribution in [0.3, 0.4) is 0 Å². The minimum Gasteiger partial charge on any atom is -0.0840 e. The molecule has 0 fully saturated rings. The van der Waals surface area contributed by atoms with Gasteiger partial charge >= 0.3 is 0 Å². The van der Waals surface area contributed by atoms with Crippen molar-refractivity contribution in [2.75, 3.05) is 0 Å². The van der Waals surface area contributed by atoms with Crippen molar-refractivity contribution in [3.63, 3.8) is 0 Å². The Balaban J connectivity index is 1.63. The summed E-state index contributed by atoms with van der Waals surface area (Å²) < 4.78 is 0. The summed E-state index contributed by atoms with van der Waals surface area (Å²) in [4.78, 5) is 0. The van der Waals surface area contributed by atoms with Crippen molar-refractivity contribution in [2.24, 2.45) is 23.7 Å². The summed E-state index contributed by atoms with van der Waals surface area (Å²) in [5, 5.41) is 0. The fourth-order valence-corrected chi connectivity index (χ4v) is 3.83. The third-order valence-electron chi connectivity index (χ3n) is 5.07. The zero-order chi connectivity index (χ0) is 14.3. The maximum absolute atomic E-state index is 2.44. The fraction of sp³-hybridized carbons (Fsp3) is 0.429. The van der Waals surface area contributed by atoms with E-state index < -0.39 is 0 Å². The van der Waals surface area contributed by atoms with Crippen LogP contribution in [0.5, 0.6) is 0 Å².